The maximum Gasteiger partial charge on any atom is 0.305 e. The predicted molar refractivity (Wildman–Crippen MR) is 90.5 cm³/mol. The Morgan fingerprint density at radius 2 is 1.83 bits per heavy atom. The molecule has 2 aromatic carbocycles. The van der Waals surface area contributed by atoms with Crippen LogP contribution in [-0.4, -0.2) is 33.5 Å². The standard InChI is InChI=1S/C19H24O4/c1-13-9-10-14-5-2-3-7-18(14)17(13)8-4-6-15(20)11-16(21)12-19(22)23/h2-3,5,7,9-10,15-16,20-21H,4,6,8,11-12H2,1H3,(H,22,23). The first kappa shape index (κ1) is 17.4. The average molecular weight is 316 g/mol. The van der Waals surface area contributed by atoms with Crippen molar-refractivity contribution < 1.29 is 20.1 Å². The Morgan fingerprint density at radius 1 is 1.09 bits per heavy atom. The number of benzene rings is 2. The summed E-state index contributed by atoms with van der Waals surface area (Å²) in [6.07, 6.45) is 0.357. The summed E-state index contributed by atoms with van der Waals surface area (Å²) in [7, 11) is 0. The van der Waals surface area contributed by atoms with Crippen molar-refractivity contribution in [1.82, 2.24) is 0 Å². The minimum Gasteiger partial charge on any atom is -0.481 e. The van der Waals surface area contributed by atoms with E-state index in [1.807, 2.05) is 12.1 Å². The van der Waals surface area contributed by atoms with E-state index in [0.717, 1.165) is 12.8 Å². The highest BCUT2D eigenvalue weighted by atomic mass is 16.4. The van der Waals surface area contributed by atoms with Gasteiger partial charge in [0.25, 0.3) is 0 Å². The molecule has 4 heteroatoms. The molecule has 2 rings (SSSR count). The summed E-state index contributed by atoms with van der Waals surface area (Å²) in [6, 6.07) is 12.5. The number of hydrogen-bond donors (Lipinski definition) is 3. The molecular formula is C19H24O4. The molecule has 2 atom stereocenters. The number of rotatable bonds is 8. The van der Waals surface area contributed by atoms with Gasteiger partial charge in [-0.25, -0.2) is 0 Å². The quantitative estimate of drug-likeness (QED) is 0.699. The van der Waals surface area contributed by atoms with Gasteiger partial charge in [0.1, 0.15) is 0 Å². The van der Waals surface area contributed by atoms with Crippen molar-refractivity contribution >= 4 is 16.7 Å². The van der Waals surface area contributed by atoms with Gasteiger partial charge in [0, 0.05) is 0 Å². The third kappa shape index (κ3) is 5.05. The summed E-state index contributed by atoms with van der Waals surface area (Å²) < 4.78 is 0. The Morgan fingerprint density at radius 3 is 2.57 bits per heavy atom. The molecule has 0 saturated carbocycles. The summed E-state index contributed by atoms with van der Waals surface area (Å²) >= 11 is 0. The maximum atomic E-state index is 10.5. The molecule has 0 aromatic heterocycles. The molecule has 2 aromatic rings. The Labute approximate surface area is 136 Å². The van der Waals surface area contributed by atoms with Crippen LogP contribution in [0.1, 0.15) is 36.8 Å². The second kappa shape index (κ2) is 8.09. The van der Waals surface area contributed by atoms with Crippen LogP contribution >= 0.6 is 0 Å². The van der Waals surface area contributed by atoms with Crippen molar-refractivity contribution in [2.75, 3.05) is 0 Å². The largest absolute Gasteiger partial charge is 0.481 e. The van der Waals surface area contributed by atoms with E-state index < -0.39 is 18.2 Å². The molecule has 0 spiro atoms. The lowest BCUT2D eigenvalue weighted by Crippen LogP contribution is -2.20. The van der Waals surface area contributed by atoms with Crippen LogP contribution in [0.2, 0.25) is 0 Å². The van der Waals surface area contributed by atoms with Gasteiger partial charge in [-0.2, -0.15) is 0 Å². The molecule has 0 heterocycles. The van der Waals surface area contributed by atoms with Gasteiger partial charge in [0.2, 0.25) is 0 Å². The van der Waals surface area contributed by atoms with Crippen LogP contribution in [0.5, 0.6) is 0 Å². The first-order chi connectivity index (χ1) is 11.0. The van der Waals surface area contributed by atoms with Crippen molar-refractivity contribution in [3.63, 3.8) is 0 Å². The fourth-order valence-corrected chi connectivity index (χ4v) is 3.01. The molecule has 0 aliphatic rings. The zero-order valence-corrected chi connectivity index (χ0v) is 13.4. The summed E-state index contributed by atoms with van der Waals surface area (Å²) in [4.78, 5) is 10.5. The summed E-state index contributed by atoms with van der Waals surface area (Å²) in [5, 5.41) is 30.6. The first-order valence-electron chi connectivity index (χ1n) is 8.02. The van der Waals surface area contributed by atoms with Crippen LogP contribution in [0, 0.1) is 6.92 Å². The van der Waals surface area contributed by atoms with Crippen LogP contribution in [0.15, 0.2) is 36.4 Å². The van der Waals surface area contributed by atoms with Crippen LogP contribution in [-0.2, 0) is 11.2 Å². The molecule has 0 bridgehead atoms. The van der Waals surface area contributed by atoms with E-state index in [4.69, 9.17) is 5.11 Å². The Kier molecular flexibility index (Phi) is 6.13. The molecule has 0 fully saturated rings. The number of fused-ring (bicyclic) bond motifs is 1. The lowest BCUT2D eigenvalue weighted by molar-refractivity contribution is -0.139. The van der Waals surface area contributed by atoms with E-state index in [1.165, 1.54) is 21.9 Å². The topological polar surface area (TPSA) is 77.8 Å². The molecule has 2 unspecified atom stereocenters. The van der Waals surface area contributed by atoms with Gasteiger partial charge in [-0.3, -0.25) is 4.79 Å². The predicted octanol–water partition coefficient (Wildman–Crippen LogP) is 3.06. The Bertz CT molecular complexity index is 665. The zero-order valence-electron chi connectivity index (χ0n) is 13.4. The van der Waals surface area contributed by atoms with Crippen LogP contribution in [0.25, 0.3) is 10.8 Å². The smallest absolute Gasteiger partial charge is 0.305 e. The highest BCUT2D eigenvalue weighted by Gasteiger charge is 2.15. The van der Waals surface area contributed by atoms with Gasteiger partial charge >= 0.3 is 5.97 Å². The number of carbonyl (C=O) groups is 1. The van der Waals surface area contributed by atoms with Gasteiger partial charge in [-0.15, -0.1) is 0 Å². The van der Waals surface area contributed by atoms with Crippen molar-refractivity contribution in [3.05, 3.63) is 47.5 Å². The fourth-order valence-electron chi connectivity index (χ4n) is 3.01. The van der Waals surface area contributed by atoms with Gasteiger partial charge in [0.15, 0.2) is 0 Å². The number of carboxylic acids is 1. The van der Waals surface area contributed by atoms with Crippen molar-refractivity contribution in [1.29, 1.82) is 0 Å². The maximum absolute atomic E-state index is 10.5. The molecule has 124 valence electrons. The number of aliphatic hydroxyl groups excluding tert-OH is 2. The molecule has 4 nitrogen and oxygen atoms in total. The third-order valence-corrected chi connectivity index (χ3v) is 4.19. The number of carboxylic acid groups (broad SMARTS) is 1. The number of hydrogen-bond acceptors (Lipinski definition) is 3. The molecule has 23 heavy (non-hydrogen) atoms. The summed E-state index contributed by atoms with van der Waals surface area (Å²) in [6.45, 7) is 2.09. The van der Waals surface area contributed by atoms with Gasteiger partial charge < -0.3 is 15.3 Å². The van der Waals surface area contributed by atoms with E-state index in [9.17, 15) is 15.0 Å². The molecule has 0 aliphatic heterocycles. The highest BCUT2D eigenvalue weighted by molar-refractivity contribution is 5.86. The van der Waals surface area contributed by atoms with Crippen molar-refractivity contribution in [2.24, 2.45) is 0 Å². The van der Waals surface area contributed by atoms with Crippen molar-refractivity contribution in [3.8, 4) is 0 Å². The minimum absolute atomic E-state index is 0.112. The molecule has 0 aliphatic carbocycles. The monoisotopic (exact) mass is 316 g/mol. The van der Waals surface area contributed by atoms with Crippen LogP contribution in [0.3, 0.4) is 0 Å². The van der Waals surface area contributed by atoms with Crippen molar-refractivity contribution in [2.45, 2.75) is 51.2 Å². The number of aryl methyl sites for hydroxylation is 2. The lowest BCUT2D eigenvalue weighted by Gasteiger charge is -2.15. The van der Waals surface area contributed by atoms with Gasteiger partial charge in [-0.05, 0) is 54.5 Å². The number of aliphatic hydroxyl groups is 2. The van der Waals surface area contributed by atoms with Gasteiger partial charge in [0.05, 0.1) is 18.6 Å². The summed E-state index contributed by atoms with van der Waals surface area (Å²) in [5.41, 5.74) is 2.53. The van der Waals surface area contributed by atoms with E-state index in [0.29, 0.717) is 6.42 Å². The van der Waals surface area contributed by atoms with E-state index in [1.54, 1.807) is 0 Å². The summed E-state index contributed by atoms with van der Waals surface area (Å²) in [5.74, 6) is -1.05. The lowest BCUT2D eigenvalue weighted by atomic mass is 9.94. The molecule has 0 radical (unpaired) electrons. The van der Waals surface area contributed by atoms with Gasteiger partial charge in [-0.1, -0.05) is 36.4 Å². The molecule has 0 amide bonds. The third-order valence-electron chi connectivity index (χ3n) is 4.19. The van der Waals surface area contributed by atoms with E-state index >= 15 is 0 Å². The van der Waals surface area contributed by atoms with Crippen LogP contribution < -0.4 is 0 Å². The highest BCUT2D eigenvalue weighted by Crippen LogP contribution is 2.24. The number of aliphatic carboxylic acids is 1. The minimum atomic E-state index is -1.05. The fraction of sp³-hybridized carbons (Fsp3) is 0.421. The molecule has 0 saturated heterocycles. The second-order valence-electron chi connectivity index (χ2n) is 6.12. The SMILES string of the molecule is Cc1ccc2ccccc2c1CCCC(O)CC(O)CC(=O)O. The average Bonchev–Trinajstić information content (AvgIpc) is 2.48. The van der Waals surface area contributed by atoms with E-state index in [-0.39, 0.29) is 12.8 Å². The molecule has 3 N–H and O–H groups in total. The zero-order chi connectivity index (χ0) is 16.8. The normalized spacial score (nSPS) is 13.9. The Balaban J connectivity index is 1.91. The van der Waals surface area contributed by atoms with E-state index in [2.05, 4.69) is 31.2 Å². The second-order valence-corrected chi connectivity index (χ2v) is 6.12. The first-order valence-corrected chi connectivity index (χ1v) is 8.02. The van der Waals surface area contributed by atoms with Crippen LogP contribution in [0.4, 0.5) is 0 Å². The molecular weight excluding hydrogens is 292 g/mol. The Hall–Kier alpha value is -1.91.